The van der Waals surface area contributed by atoms with Crippen LogP contribution in [0.15, 0.2) is 10.0 Å². The van der Waals surface area contributed by atoms with Gasteiger partial charge in [0.05, 0.1) is 6.54 Å². The van der Waals surface area contributed by atoms with E-state index < -0.39 is 4.33 Å². The van der Waals surface area contributed by atoms with Crippen LogP contribution in [-0.4, -0.2) is 17.1 Å². The molecule has 0 N–H and O–H groups in total. The van der Waals surface area contributed by atoms with Gasteiger partial charge in [-0.05, 0) is 0 Å². The SMILES string of the molecule is ClC1=[C]C(Cl)(Cl)C=NC1. The summed E-state index contributed by atoms with van der Waals surface area (Å²) in [5.74, 6) is 0. The largest absolute Gasteiger partial charge is 0.288 e. The van der Waals surface area contributed by atoms with Crippen molar-refractivity contribution in [2.45, 2.75) is 4.33 Å². The van der Waals surface area contributed by atoms with Gasteiger partial charge in [-0.15, -0.1) is 0 Å². The molecule has 9 heavy (non-hydrogen) atoms. The van der Waals surface area contributed by atoms with Crippen molar-refractivity contribution in [1.82, 2.24) is 0 Å². The zero-order valence-electron chi connectivity index (χ0n) is 4.37. The first-order valence-electron chi connectivity index (χ1n) is 2.28. The number of rotatable bonds is 0. The third kappa shape index (κ3) is 2.17. The molecular formula is C5H3Cl3N. The first-order valence-corrected chi connectivity index (χ1v) is 3.42. The van der Waals surface area contributed by atoms with E-state index in [-0.39, 0.29) is 0 Å². The fraction of sp³-hybridized carbons (Fsp3) is 0.400. The Hall–Kier alpha value is 0.280. The Labute approximate surface area is 68.3 Å². The van der Waals surface area contributed by atoms with Crippen LogP contribution in [0.4, 0.5) is 0 Å². The van der Waals surface area contributed by atoms with Crippen LogP contribution in [-0.2, 0) is 0 Å². The quantitative estimate of drug-likeness (QED) is 0.511. The van der Waals surface area contributed by atoms with Crippen LogP contribution in [0.2, 0.25) is 0 Å². The van der Waals surface area contributed by atoms with E-state index in [1.165, 1.54) is 6.21 Å². The molecule has 4 heteroatoms. The van der Waals surface area contributed by atoms with Gasteiger partial charge in [-0.1, -0.05) is 34.8 Å². The summed E-state index contributed by atoms with van der Waals surface area (Å²) in [7, 11) is 0. The van der Waals surface area contributed by atoms with Crippen molar-refractivity contribution >= 4 is 41.0 Å². The summed E-state index contributed by atoms with van der Waals surface area (Å²) in [6.07, 6.45) is 4.02. The van der Waals surface area contributed by atoms with E-state index in [1.54, 1.807) is 0 Å². The second kappa shape index (κ2) is 2.49. The minimum absolute atomic E-state index is 0.433. The van der Waals surface area contributed by atoms with Crippen LogP contribution in [0, 0.1) is 6.08 Å². The van der Waals surface area contributed by atoms with Gasteiger partial charge in [-0.25, -0.2) is 0 Å². The molecule has 1 heterocycles. The Morgan fingerprint density at radius 3 is 2.67 bits per heavy atom. The zero-order chi connectivity index (χ0) is 6.91. The minimum Gasteiger partial charge on any atom is -0.288 e. The molecule has 0 aromatic heterocycles. The van der Waals surface area contributed by atoms with Crippen LogP contribution >= 0.6 is 34.8 Å². The van der Waals surface area contributed by atoms with Crippen molar-refractivity contribution in [1.29, 1.82) is 0 Å². The monoisotopic (exact) mass is 182 g/mol. The molecule has 1 nitrogen and oxygen atoms in total. The smallest absolute Gasteiger partial charge is 0.179 e. The third-order valence-corrected chi connectivity index (χ3v) is 1.38. The van der Waals surface area contributed by atoms with E-state index in [4.69, 9.17) is 34.8 Å². The van der Waals surface area contributed by atoms with E-state index >= 15 is 0 Å². The van der Waals surface area contributed by atoms with E-state index in [2.05, 4.69) is 11.1 Å². The highest BCUT2D eigenvalue weighted by Gasteiger charge is 2.21. The van der Waals surface area contributed by atoms with E-state index in [0.717, 1.165) is 0 Å². The molecule has 0 bridgehead atoms. The molecule has 0 amide bonds. The highest BCUT2D eigenvalue weighted by atomic mass is 35.5. The normalized spacial score (nSPS) is 23.7. The number of halogens is 3. The second-order valence-corrected chi connectivity index (χ2v) is 3.46. The molecule has 0 aromatic rings. The number of aliphatic imine (C=N–C) groups is 1. The lowest BCUT2D eigenvalue weighted by Crippen LogP contribution is -2.16. The molecule has 0 unspecified atom stereocenters. The maximum Gasteiger partial charge on any atom is 0.179 e. The third-order valence-electron chi connectivity index (χ3n) is 0.786. The summed E-state index contributed by atoms with van der Waals surface area (Å²) >= 11 is 16.7. The average molecular weight is 183 g/mol. The van der Waals surface area contributed by atoms with Crippen LogP contribution in [0.25, 0.3) is 0 Å². The number of dihydropyridines is 1. The Balaban J connectivity index is 2.78. The summed E-state index contributed by atoms with van der Waals surface area (Å²) in [6.45, 7) is 0.433. The zero-order valence-corrected chi connectivity index (χ0v) is 6.63. The van der Waals surface area contributed by atoms with E-state index in [0.29, 0.717) is 11.6 Å². The lowest BCUT2D eigenvalue weighted by atomic mass is 10.3. The molecule has 1 aliphatic rings. The molecule has 1 radical (unpaired) electrons. The number of hydrogen-bond acceptors (Lipinski definition) is 1. The first kappa shape index (κ1) is 7.39. The van der Waals surface area contributed by atoms with Crippen LogP contribution in [0.1, 0.15) is 0 Å². The van der Waals surface area contributed by atoms with Crippen molar-refractivity contribution in [3.05, 3.63) is 11.1 Å². The van der Waals surface area contributed by atoms with Gasteiger partial charge in [-0.3, -0.25) is 4.99 Å². The van der Waals surface area contributed by atoms with Gasteiger partial charge in [0, 0.05) is 17.3 Å². The van der Waals surface area contributed by atoms with Gasteiger partial charge in [0.25, 0.3) is 0 Å². The standard InChI is InChI=1S/C5H3Cl3N/c6-4-1-5(7,8)3-9-2-4/h3H,2H2. The van der Waals surface area contributed by atoms with Crippen LogP contribution < -0.4 is 0 Å². The highest BCUT2D eigenvalue weighted by molar-refractivity contribution is 6.57. The van der Waals surface area contributed by atoms with Crippen molar-refractivity contribution in [2.24, 2.45) is 4.99 Å². The summed E-state index contributed by atoms with van der Waals surface area (Å²) in [4.78, 5) is 3.79. The second-order valence-electron chi connectivity index (χ2n) is 1.62. The molecule has 0 fully saturated rings. The highest BCUT2D eigenvalue weighted by Crippen LogP contribution is 2.25. The molecule has 0 saturated carbocycles. The Bertz CT molecular complexity index is 171. The fourth-order valence-corrected chi connectivity index (χ4v) is 1.17. The Kier molecular flexibility index (Phi) is 2.04. The first-order chi connectivity index (χ1) is 4.10. The predicted molar refractivity (Wildman–Crippen MR) is 40.4 cm³/mol. The lowest BCUT2D eigenvalue weighted by molar-refractivity contribution is 1.12. The molecule has 49 valence electrons. The molecule has 0 saturated heterocycles. The number of nitrogens with zero attached hydrogens (tertiary/aromatic N) is 1. The molecular weight excluding hydrogens is 180 g/mol. The maximum atomic E-state index is 5.57. The summed E-state index contributed by atoms with van der Waals surface area (Å²) < 4.78 is -1.12. The van der Waals surface area contributed by atoms with E-state index in [9.17, 15) is 0 Å². The van der Waals surface area contributed by atoms with Gasteiger partial charge in [-0.2, -0.15) is 0 Å². The van der Waals surface area contributed by atoms with Gasteiger partial charge in [0.1, 0.15) is 0 Å². The molecule has 1 rings (SSSR count). The lowest BCUT2D eigenvalue weighted by Gasteiger charge is -2.11. The summed E-state index contributed by atoms with van der Waals surface area (Å²) in [6, 6.07) is 0. The number of alkyl halides is 2. The fourth-order valence-electron chi connectivity index (χ4n) is 0.493. The van der Waals surface area contributed by atoms with Crippen molar-refractivity contribution in [3.63, 3.8) is 0 Å². The van der Waals surface area contributed by atoms with Gasteiger partial charge >= 0.3 is 0 Å². The Morgan fingerprint density at radius 1 is 1.67 bits per heavy atom. The topological polar surface area (TPSA) is 12.4 Å². The predicted octanol–water partition coefficient (Wildman–Crippen LogP) is 2.17. The molecule has 0 spiro atoms. The van der Waals surface area contributed by atoms with Gasteiger partial charge in [0.2, 0.25) is 0 Å². The maximum absolute atomic E-state index is 5.57. The molecule has 1 aliphatic heterocycles. The molecule has 0 aliphatic carbocycles. The minimum atomic E-state index is -1.12. The van der Waals surface area contributed by atoms with E-state index in [1.807, 2.05) is 0 Å². The number of hydrogen-bond donors (Lipinski definition) is 0. The average Bonchev–Trinajstić information content (AvgIpc) is 1.60. The summed E-state index contributed by atoms with van der Waals surface area (Å²) in [5.41, 5.74) is 0. The molecule has 0 atom stereocenters. The van der Waals surface area contributed by atoms with Gasteiger partial charge in [0.15, 0.2) is 4.33 Å². The molecule has 0 aromatic carbocycles. The van der Waals surface area contributed by atoms with Crippen LogP contribution in [0.5, 0.6) is 0 Å². The van der Waals surface area contributed by atoms with Crippen molar-refractivity contribution < 1.29 is 0 Å². The summed E-state index contributed by atoms with van der Waals surface area (Å²) in [5, 5.41) is 0.461. The number of allylic oxidation sites excluding steroid dienone is 1. The van der Waals surface area contributed by atoms with Crippen molar-refractivity contribution in [3.8, 4) is 0 Å². The van der Waals surface area contributed by atoms with Crippen LogP contribution in [0.3, 0.4) is 0 Å². The Morgan fingerprint density at radius 2 is 2.33 bits per heavy atom. The van der Waals surface area contributed by atoms with Crippen molar-refractivity contribution in [2.75, 3.05) is 6.54 Å². The van der Waals surface area contributed by atoms with Gasteiger partial charge < -0.3 is 0 Å².